The van der Waals surface area contributed by atoms with E-state index >= 15 is 0 Å². The molecule has 0 saturated carbocycles. The van der Waals surface area contributed by atoms with Crippen LogP contribution in [-0.4, -0.2) is 40.9 Å². The number of hydrogen-bond acceptors (Lipinski definition) is 5. The first kappa shape index (κ1) is 11.3. The van der Waals surface area contributed by atoms with Gasteiger partial charge in [-0.05, 0) is 26.0 Å². The largest absolute Gasteiger partial charge is 0.458 e. The van der Waals surface area contributed by atoms with Gasteiger partial charge in [0.2, 0.25) is 5.95 Å². The molecule has 0 spiro atoms. The van der Waals surface area contributed by atoms with Gasteiger partial charge < -0.3 is 14.6 Å². The SMILES string of the molecule is Cc1ccc(-c2nc(N3CCNC(C)C3)n[nH]2)o1. The van der Waals surface area contributed by atoms with Crippen molar-refractivity contribution in [1.82, 2.24) is 20.5 Å². The zero-order chi connectivity index (χ0) is 12.5. The molecule has 3 heterocycles. The number of hydrogen-bond donors (Lipinski definition) is 2. The molecule has 1 aliphatic heterocycles. The maximum Gasteiger partial charge on any atom is 0.245 e. The summed E-state index contributed by atoms with van der Waals surface area (Å²) in [5, 5.41) is 10.6. The number of piperazine rings is 1. The van der Waals surface area contributed by atoms with Crippen LogP contribution in [0.1, 0.15) is 12.7 Å². The Hall–Kier alpha value is -1.82. The minimum absolute atomic E-state index is 0.464. The topological polar surface area (TPSA) is 70.0 Å². The zero-order valence-corrected chi connectivity index (χ0v) is 10.6. The summed E-state index contributed by atoms with van der Waals surface area (Å²) in [6.45, 7) is 6.90. The van der Waals surface area contributed by atoms with E-state index in [4.69, 9.17) is 4.42 Å². The van der Waals surface area contributed by atoms with E-state index in [-0.39, 0.29) is 0 Å². The van der Waals surface area contributed by atoms with Gasteiger partial charge in [0.15, 0.2) is 11.6 Å². The highest BCUT2D eigenvalue weighted by atomic mass is 16.3. The zero-order valence-electron chi connectivity index (χ0n) is 10.6. The second-order valence-corrected chi connectivity index (χ2v) is 4.70. The first-order valence-corrected chi connectivity index (χ1v) is 6.20. The smallest absolute Gasteiger partial charge is 0.245 e. The Labute approximate surface area is 105 Å². The van der Waals surface area contributed by atoms with Gasteiger partial charge in [0.25, 0.3) is 0 Å². The van der Waals surface area contributed by atoms with Crippen LogP contribution in [0.15, 0.2) is 16.5 Å². The third-order valence-electron chi connectivity index (χ3n) is 3.10. The minimum atomic E-state index is 0.464. The summed E-state index contributed by atoms with van der Waals surface area (Å²) in [5.74, 6) is 3.03. The average Bonchev–Trinajstić information content (AvgIpc) is 2.97. The monoisotopic (exact) mass is 247 g/mol. The highest BCUT2D eigenvalue weighted by Gasteiger charge is 2.20. The predicted molar refractivity (Wildman–Crippen MR) is 68.5 cm³/mol. The summed E-state index contributed by atoms with van der Waals surface area (Å²) in [6, 6.07) is 4.29. The van der Waals surface area contributed by atoms with Gasteiger partial charge in [-0.1, -0.05) is 0 Å². The van der Waals surface area contributed by atoms with Crippen molar-refractivity contribution in [1.29, 1.82) is 0 Å². The Morgan fingerprint density at radius 1 is 1.44 bits per heavy atom. The molecule has 1 fully saturated rings. The van der Waals surface area contributed by atoms with E-state index in [1.54, 1.807) is 0 Å². The summed E-state index contributed by atoms with van der Waals surface area (Å²) in [4.78, 5) is 6.67. The Kier molecular flexibility index (Phi) is 2.79. The van der Waals surface area contributed by atoms with E-state index in [0.717, 1.165) is 37.1 Å². The van der Waals surface area contributed by atoms with Crippen molar-refractivity contribution < 1.29 is 4.42 Å². The summed E-state index contributed by atoms with van der Waals surface area (Å²) < 4.78 is 5.53. The first-order valence-electron chi connectivity index (χ1n) is 6.20. The molecule has 2 N–H and O–H groups in total. The van der Waals surface area contributed by atoms with Crippen LogP contribution in [0.4, 0.5) is 5.95 Å². The lowest BCUT2D eigenvalue weighted by atomic mass is 10.2. The molecule has 0 radical (unpaired) electrons. The second-order valence-electron chi connectivity index (χ2n) is 4.70. The lowest BCUT2D eigenvalue weighted by Crippen LogP contribution is -2.49. The molecule has 0 amide bonds. The van der Waals surface area contributed by atoms with E-state index < -0.39 is 0 Å². The van der Waals surface area contributed by atoms with Crippen molar-refractivity contribution in [3.05, 3.63) is 17.9 Å². The number of rotatable bonds is 2. The molecule has 6 heteroatoms. The number of nitrogens with one attached hydrogen (secondary N) is 2. The third-order valence-corrected chi connectivity index (χ3v) is 3.10. The fourth-order valence-corrected chi connectivity index (χ4v) is 2.18. The van der Waals surface area contributed by atoms with Gasteiger partial charge in [0, 0.05) is 25.7 Å². The van der Waals surface area contributed by atoms with Crippen molar-refractivity contribution in [2.75, 3.05) is 24.5 Å². The Morgan fingerprint density at radius 3 is 3.06 bits per heavy atom. The van der Waals surface area contributed by atoms with E-state index in [2.05, 4.69) is 32.3 Å². The molecule has 2 aromatic rings. The van der Waals surface area contributed by atoms with Gasteiger partial charge in [-0.2, -0.15) is 4.98 Å². The van der Waals surface area contributed by atoms with Gasteiger partial charge in [-0.15, -0.1) is 5.10 Å². The second kappa shape index (κ2) is 4.45. The number of nitrogens with zero attached hydrogens (tertiary/aromatic N) is 3. The number of H-pyrrole nitrogens is 1. The van der Waals surface area contributed by atoms with Crippen molar-refractivity contribution in [2.24, 2.45) is 0 Å². The molecule has 3 rings (SSSR count). The lowest BCUT2D eigenvalue weighted by molar-refractivity contribution is 0.480. The molecule has 1 unspecified atom stereocenters. The van der Waals surface area contributed by atoms with Gasteiger partial charge in [-0.25, -0.2) is 0 Å². The van der Waals surface area contributed by atoms with Crippen LogP contribution in [0.3, 0.4) is 0 Å². The highest BCUT2D eigenvalue weighted by Crippen LogP contribution is 2.20. The van der Waals surface area contributed by atoms with Crippen LogP contribution in [0, 0.1) is 6.92 Å². The molecule has 18 heavy (non-hydrogen) atoms. The van der Waals surface area contributed by atoms with E-state index in [1.807, 2.05) is 19.1 Å². The van der Waals surface area contributed by atoms with E-state index in [1.165, 1.54) is 0 Å². The average molecular weight is 247 g/mol. The van der Waals surface area contributed by atoms with Crippen molar-refractivity contribution >= 4 is 5.95 Å². The summed E-state index contributed by atoms with van der Waals surface area (Å²) in [6.07, 6.45) is 0. The Morgan fingerprint density at radius 2 is 2.33 bits per heavy atom. The maximum atomic E-state index is 5.53. The normalized spacial score (nSPS) is 20.3. The summed E-state index contributed by atoms with van der Waals surface area (Å²) in [5.41, 5.74) is 0. The Bertz CT molecular complexity index is 532. The molecule has 6 nitrogen and oxygen atoms in total. The van der Waals surface area contributed by atoms with Crippen molar-refractivity contribution in [2.45, 2.75) is 19.9 Å². The summed E-state index contributed by atoms with van der Waals surface area (Å²) in [7, 11) is 0. The standard InChI is InChI=1S/C12H17N5O/c1-8-7-17(6-5-13-8)12-14-11(15-16-12)10-4-3-9(2)18-10/h3-4,8,13H,5-7H2,1-2H3,(H,14,15,16). The van der Waals surface area contributed by atoms with Gasteiger partial charge in [0.1, 0.15) is 5.76 Å². The van der Waals surface area contributed by atoms with Crippen LogP contribution in [0.2, 0.25) is 0 Å². The molecular weight excluding hydrogens is 230 g/mol. The maximum absolute atomic E-state index is 5.53. The number of anilines is 1. The molecule has 1 aliphatic rings. The highest BCUT2D eigenvalue weighted by molar-refractivity contribution is 5.49. The van der Waals surface area contributed by atoms with Crippen LogP contribution in [0.25, 0.3) is 11.6 Å². The van der Waals surface area contributed by atoms with Gasteiger partial charge in [-0.3, -0.25) is 5.10 Å². The molecule has 1 saturated heterocycles. The number of aryl methyl sites for hydroxylation is 1. The molecule has 1 atom stereocenters. The van der Waals surface area contributed by atoms with Crippen LogP contribution in [-0.2, 0) is 0 Å². The molecular formula is C12H17N5O. The fourth-order valence-electron chi connectivity index (χ4n) is 2.18. The predicted octanol–water partition coefficient (Wildman–Crippen LogP) is 1.17. The molecule has 0 aliphatic carbocycles. The van der Waals surface area contributed by atoms with E-state index in [9.17, 15) is 0 Å². The van der Waals surface area contributed by atoms with E-state index in [0.29, 0.717) is 11.9 Å². The molecule has 0 aromatic carbocycles. The minimum Gasteiger partial charge on any atom is -0.458 e. The summed E-state index contributed by atoms with van der Waals surface area (Å²) >= 11 is 0. The fraction of sp³-hybridized carbons (Fsp3) is 0.500. The number of furan rings is 1. The number of aromatic nitrogens is 3. The molecule has 96 valence electrons. The van der Waals surface area contributed by atoms with Crippen LogP contribution < -0.4 is 10.2 Å². The van der Waals surface area contributed by atoms with Crippen LogP contribution in [0.5, 0.6) is 0 Å². The van der Waals surface area contributed by atoms with Crippen LogP contribution >= 0.6 is 0 Å². The van der Waals surface area contributed by atoms with Crippen molar-refractivity contribution in [3.8, 4) is 11.6 Å². The Balaban J connectivity index is 1.80. The van der Waals surface area contributed by atoms with Gasteiger partial charge in [0.05, 0.1) is 0 Å². The molecule has 2 aromatic heterocycles. The first-order chi connectivity index (χ1) is 8.72. The van der Waals surface area contributed by atoms with Gasteiger partial charge >= 0.3 is 0 Å². The quantitative estimate of drug-likeness (QED) is 0.833. The lowest BCUT2D eigenvalue weighted by Gasteiger charge is -2.30. The molecule has 0 bridgehead atoms. The third kappa shape index (κ3) is 2.11. The number of aromatic amines is 1. The van der Waals surface area contributed by atoms with Crippen molar-refractivity contribution in [3.63, 3.8) is 0 Å².